The molecule has 6 nitrogen and oxygen atoms in total. The Morgan fingerprint density at radius 3 is 2.85 bits per heavy atom. The number of aryl methyl sites for hydroxylation is 1. The Hall–Kier alpha value is -2.44. The van der Waals surface area contributed by atoms with Gasteiger partial charge >= 0.3 is 6.03 Å². The maximum absolute atomic E-state index is 13.6. The summed E-state index contributed by atoms with van der Waals surface area (Å²) in [6.45, 7) is 3.44. The van der Waals surface area contributed by atoms with Crippen LogP contribution >= 0.6 is 0 Å². The van der Waals surface area contributed by atoms with E-state index >= 15 is 0 Å². The topological polar surface area (TPSA) is 78.5 Å². The van der Waals surface area contributed by atoms with E-state index in [4.69, 9.17) is 0 Å². The molecule has 0 aromatic heterocycles. The second-order valence-electron chi connectivity index (χ2n) is 7.30. The average molecular weight is 361 g/mol. The molecule has 0 bridgehead atoms. The fourth-order valence-corrected chi connectivity index (χ4v) is 3.79. The van der Waals surface area contributed by atoms with E-state index < -0.39 is 17.5 Å². The van der Waals surface area contributed by atoms with Crippen molar-refractivity contribution in [3.63, 3.8) is 0 Å². The number of nitrogens with one attached hydrogen (secondary N) is 2. The summed E-state index contributed by atoms with van der Waals surface area (Å²) in [5, 5.41) is 5.46. The first-order chi connectivity index (χ1) is 12.3. The Balaban J connectivity index is 1.61. The van der Waals surface area contributed by atoms with Crippen molar-refractivity contribution in [1.29, 1.82) is 0 Å². The predicted octanol–water partition coefficient (Wildman–Crippen LogP) is 2.25. The Labute approximate surface area is 152 Å². The molecule has 2 N–H and O–H groups in total. The number of hydrogen-bond donors (Lipinski definition) is 2. The molecule has 1 aliphatic carbocycles. The molecule has 26 heavy (non-hydrogen) atoms. The second-order valence-corrected chi connectivity index (χ2v) is 7.30. The van der Waals surface area contributed by atoms with Crippen LogP contribution in [-0.2, 0) is 16.1 Å². The van der Waals surface area contributed by atoms with E-state index in [2.05, 4.69) is 10.6 Å². The summed E-state index contributed by atoms with van der Waals surface area (Å²) in [6.07, 6.45) is 3.42. The lowest BCUT2D eigenvalue weighted by molar-refractivity contribution is -0.137. The SMILES string of the molecule is Cc1ccc(CNC(=O)CN2C(=O)N[C@@]3(CCCC[C@@H]3C)C2=O)cc1F. The van der Waals surface area contributed by atoms with Crippen molar-refractivity contribution in [2.45, 2.75) is 51.6 Å². The van der Waals surface area contributed by atoms with E-state index in [1.54, 1.807) is 19.1 Å². The third kappa shape index (κ3) is 3.30. The third-order valence-corrected chi connectivity index (χ3v) is 5.53. The zero-order valence-corrected chi connectivity index (χ0v) is 15.1. The normalized spacial score (nSPS) is 25.5. The monoisotopic (exact) mass is 361 g/mol. The summed E-state index contributed by atoms with van der Waals surface area (Å²) in [6, 6.07) is 4.22. The highest BCUT2D eigenvalue weighted by atomic mass is 19.1. The molecule has 1 saturated carbocycles. The Morgan fingerprint density at radius 2 is 2.15 bits per heavy atom. The summed E-state index contributed by atoms with van der Waals surface area (Å²) in [5.74, 6) is -1.04. The molecule has 1 aliphatic heterocycles. The molecule has 2 fully saturated rings. The number of carbonyl (C=O) groups excluding carboxylic acids is 3. The van der Waals surface area contributed by atoms with Gasteiger partial charge in [-0.3, -0.25) is 14.5 Å². The van der Waals surface area contributed by atoms with E-state index in [0.29, 0.717) is 17.5 Å². The van der Waals surface area contributed by atoms with Crippen LogP contribution in [0.4, 0.5) is 9.18 Å². The molecule has 1 aromatic carbocycles. The molecule has 140 valence electrons. The minimum absolute atomic E-state index is 0.0521. The highest BCUT2D eigenvalue weighted by Crippen LogP contribution is 2.38. The van der Waals surface area contributed by atoms with Crippen LogP contribution in [-0.4, -0.2) is 34.8 Å². The van der Waals surface area contributed by atoms with E-state index in [9.17, 15) is 18.8 Å². The molecule has 2 aliphatic rings. The fraction of sp³-hybridized carbons (Fsp3) is 0.526. The highest BCUT2D eigenvalue weighted by molar-refractivity contribution is 6.09. The van der Waals surface area contributed by atoms with Crippen molar-refractivity contribution in [1.82, 2.24) is 15.5 Å². The summed E-state index contributed by atoms with van der Waals surface area (Å²) >= 11 is 0. The Morgan fingerprint density at radius 1 is 1.38 bits per heavy atom. The first-order valence-electron chi connectivity index (χ1n) is 8.99. The second kappa shape index (κ2) is 7.05. The minimum atomic E-state index is -0.865. The van der Waals surface area contributed by atoms with Gasteiger partial charge in [-0.15, -0.1) is 0 Å². The fourth-order valence-electron chi connectivity index (χ4n) is 3.79. The van der Waals surface area contributed by atoms with Crippen molar-refractivity contribution in [3.8, 4) is 0 Å². The van der Waals surface area contributed by atoms with Gasteiger partial charge in [-0.25, -0.2) is 9.18 Å². The number of carbonyl (C=O) groups is 3. The Kier molecular flexibility index (Phi) is 4.98. The minimum Gasteiger partial charge on any atom is -0.350 e. The van der Waals surface area contributed by atoms with Crippen LogP contribution in [0.2, 0.25) is 0 Å². The molecular weight excluding hydrogens is 337 g/mol. The van der Waals surface area contributed by atoms with Gasteiger partial charge in [0, 0.05) is 6.54 Å². The maximum Gasteiger partial charge on any atom is 0.325 e. The van der Waals surface area contributed by atoms with Gasteiger partial charge in [0.05, 0.1) is 0 Å². The molecular formula is C19H24FN3O3. The van der Waals surface area contributed by atoms with E-state index in [-0.39, 0.29) is 30.7 Å². The van der Waals surface area contributed by atoms with Crippen LogP contribution in [0, 0.1) is 18.7 Å². The zero-order chi connectivity index (χ0) is 18.9. The average Bonchev–Trinajstić information content (AvgIpc) is 2.84. The van der Waals surface area contributed by atoms with Crippen LogP contribution in [0.25, 0.3) is 0 Å². The number of imide groups is 1. The largest absolute Gasteiger partial charge is 0.350 e. The van der Waals surface area contributed by atoms with Gasteiger partial charge in [-0.2, -0.15) is 0 Å². The number of rotatable bonds is 4. The molecule has 1 aromatic rings. The van der Waals surface area contributed by atoms with Crippen molar-refractivity contribution in [2.75, 3.05) is 6.54 Å². The molecule has 1 spiro atoms. The van der Waals surface area contributed by atoms with Gasteiger partial charge in [0.15, 0.2) is 0 Å². The number of halogens is 1. The highest BCUT2D eigenvalue weighted by Gasteiger charge is 2.55. The van der Waals surface area contributed by atoms with Crippen molar-refractivity contribution in [3.05, 3.63) is 35.1 Å². The number of hydrogen-bond acceptors (Lipinski definition) is 3. The first-order valence-corrected chi connectivity index (χ1v) is 8.99. The van der Waals surface area contributed by atoms with Crippen LogP contribution in [0.15, 0.2) is 18.2 Å². The maximum atomic E-state index is 13.6. The smallest absolute Gasteiger partial charge is 0.325 e. The van der Waals surface area contributed by atoms with Crippen LogP contribution in [0.1, 0.15) is 43.7 Å². The number of nitrogens with zero attached hydrogens (tertiary/aromatic N) is 1. The standard InChI is InChI=1S/C19H24FN3O3/c1-12-6-7-14(9-15(12)20)10-21-16(24)11-23-17(25)19(22-18(23)26)8-4-3-5-13(19)2/h6-7,9,13H,3-5,8,10-11H2,1-2H3,(H,21,24)(H,22,26)/t13-,19+/m0/s1. The number of urea groups is 1. The summed E-state index contributed by atoms with van der Waals surface area (Å²) in [5.41, 5.74) is 0.290. The van der Waals surface area contributed by atoms with Gasteiger partial charge in [-0.05, 0) is 42.9 Å². The van der Waals surface area contributed by atoms with Crippen molar-refractivity contribution >= 4 is 17.8 Å². The molecule has 0 radical (unpaired) electrons. The molecule has 4 amide bonds. The summed E-state index contributed by atoms with van der Waals surface area (Å²) in [4.78, 5) is 38.3. The lowest BCUT2D eigenvalue weighted by Gasteiger charge is -2.36. The summed E-state index contributed by atoms with van der Waals surface area (Å²) in [7, 11) is 0. The molecule has 1 heterocycles. The molecule has 3 rings (SSSR count). The third-order valence-electron chi connectivity index (χ3n) is 5.53. The van der Waals surface area contributed by atoms with Crippen LogP contribution in [0.3, 0.4) is 0 Å². The molecule has 1 saturated heterocycles. The lowest BCUT2D eigenvalue weighted by atomic mass is 9.73. The van der Waals surface area contributed by atoms with Crippen LogP contribution in [0.5, 0.6) is 0 Å². The zero-order valence-electron chi connectivity index (χ0n) is 15.1. The lowest BCUT2D eigenvalue weighted by Crippen LogP contribution is -2.54. The number of amides is 4. The van der Waals surface area contributed by atoms with Gasteiger partial charge in [0.1, 0.15) is 17.9 Å². The number of benzene rings is 1. The van der Waals surface area contributed by atoms with Gasteiger partial charge < -0.3 is 10.6 Å². The van der Waals surface area contributed by atoms with E-state index in [1.165, 1.54) is 6.07 Å². The van der Waals surface area contributed by atoms with Crippen molar-refractivity contribution < 1.29 is 18.8 Å². The van der Waals surface area contributed by atoms with E-state index in [0.717, 1.165) is 24.2 Å². The van der Waals surface area contributed by atoms with Gasteiger partial charge in [0.25, 0.3) is 5.91 Å². The molecule has 7 heteroatoms. The van der Waals surface area contributed by atoms with E-state index in [1.807, 2.05) is 6.92 Å². The van der Waals surface area contributed by atoms with Gasteiger partial charge in [-0.1, -0.05) is 31.9 Å². The van der Waals surface area contributed by atoms with Crippen molar-refractivity contribution in [2.24, 2.45) is 5.92 Å². The molecule has 0 unspecified atom stereocenters. The molecule has 2 atom stereocenters. The quantitative estimate of drug-likeness (QED) is 0.808. The first kappa shape index (κ1) is 18.4. The summed E-state index contributed by atoms with van der Waals surface area (Å²) < 4.78 is 13.6. The Bertz CT molecular complexity index is 752. The van der Waals surface area contributed by atoms with Gasteiger partial charge in [0.2, 0.25) is 5.91 Å². The van der Waals surface area contributed by atoms with Crippen LogP contribution < -0.4 is 10.6 Å². The predicted molar refractivity (Wildman–Crippen MR) is 93.6 cm³/mol.